The first kappa shape index (κ1) is 21.6. The van der Waals surface area contributed by atoms with Crippen molar-refractivity contribution in [2.24, 2.45) is 0 Å². The molecule has 3 N–H and O–H groups in total. The number of aryl methyl sites for hydroxylation is 1. The summed E-state index contributed by atoms with van der Waals surface area (Å²) in [6.45, 7) is 5.26. The van der Waals surface area contributed by atoms with E-state index in [0.29, 0.717) is 5.56 Å². The van der Waals surface area contributed by atoms with Crippen LogP contribution in [0.2, 0.25) is 0 Å². The second kappa shape index (κ2) is 9.48. The largest absolute Gasteiger partial charge is 0.352 e. The Hall–Kier alpha value is -2.71. The van der Waals surface area contributed by atoms with Crippen LogP contribution in [0.15, 0.2) is 53.4 Å². The van der Waals surface area contributed by atoms with Gasteiger partial charge >= 0.3 is 0 Å². The van der Waals surface area contributed by atoms with Crippen LogP contribution in [-0.4, -0.2) is 32.8 Å². The Morgan fingerprint density at radius 3 is 2.36 bits per heavy atom. The molecule has 0 spiro atoms. The number of rotatable bonds is 8. The average molecular weight is 404 g/mol. The Morgan fingerprint density at radius 1 is 1.04 bits per heavy atom. The van der Waals surface area contributed by atoms with Gasteiger partial charge in [-0.25, -0.2) is 13.1 Å². The highest BCUT2D eigenvalue weighted by Gasteiger charge is 2.19. The summed E-state index contributed by atoms with van der Waals surface area (Å²) in [4.78, 5) is 24.0. The minimum atomic E-state index is -3.80. The molecule has 0 aliphatic rings. The molecule has 2 amide bonds. The highest BCUT2D eigenvalue weighted by molar-refractivity contribution is 7.89. The molecule has 8 heteroatoms. The SMILES string of the molecule is Cc1ccc(C(=O)NCC(=O)NC(C)C)cc1S(=O)(=O)NCc1ccccc1. The van der Waals surface area contributed by atoms with Crippen LogP contribution in [-0.2, 0) is 21.4 Å². The minimum absolute atomic E-state index is 0.0303. The summed E-state index contributed by atoms with van der Waals surface area (Å²) < 4.78 is 27.9. The molecule has 0 radical (unpaired) electrons. The van der Waals surface area contributed by atoms with Gasteiger partial charge in [-0.15, -0.1) is 0 Å². The maximum atomic E-state index is 12.7. The third-order valence-corrected chi connectivity index (χ3v) is 5.45. The zero-order valence-electron chi connectivity index (χ0n) is 16.2. The highest BCUT2D eigenvalue weighted by atomic mass is 32.2. The van der Waals surface area contributed by atoms with Crippen molar-refractivity contribution in [3.63, 3.8) is 0 Å². The molecule has 2 aromatic rings. The van der Waals surface area contributed by atoms with E-state index in [-0.39, 0.29) is 35.5 Å². The molecule has 0 aromatic heterocycles. The molecule has 0 aliphatic carbocycles. The first-order valence-electron chi connectivity index (χ1n) is 8.91. The van der Waals surface area contributed by atoms with Gasteiger partial charge in [-0.3, -0.25) is 9.59 Å². The smallest absolute Gasteiger partial charge is 0.251 e. The summed E-state index contributed by atoms with van der Waals surface area (Å²) in [5, 5.41) is 5.16. The summed E-state index contributed by atoms with van der Waals surface area (Å²) in [5.41, 5.74) is 1.52. The molecule has 0 unspecified atom stereocenters. The Morgan fingerprint density at radius 2 is 1.71 bits per heavy atom. The van der Waals surface area contributed by atoms with Crippen LogP contribution in [0, 0.1) is 6.92 Å². The van der Waals surface area contributed by atoms with Crippen LogP contribution in [0.1, 0.15) is 35.3 Å². The lowest BCUT2D eigenvalue weighted by atomic mass is 10.1. The number of nitrogens with one attached hydrogen (secondary N) is 3. The standard InChI is InChI=1S/C20H25N3O4S/c1-14(2)23-19(24)13-21-20(25)17-10-9-15(3)18(11-17)28(26,27)22-12-16-7-5-4-6-8-16/h4-11,14,22H,12-13H2,1-3H3,(H,21,25)(H,23,24). The fraction of sp³-hybridized carbons (Fsp3) is 0.300. The Labute approximate surface area is 165 Å². The zero-order chi connectivity index (χ0) is 20.7. The summed E-state index contributed by atoms with van der Waals surface area (Å²) in [5.74, 6) is -0.828. The molecular weight excluding hydrogens is 378 g/mol. The lowest BCUT2D eigenvalue weighted by molar-refractivity contribution is -0.120. The van der Waals surface area contributed by atoms with E-state index in [1.54, 1.807) is 13.0 Å². The lowest BCUT2D eigenvalue weighted by Crippen LogP contribution is -2.39. The van der Waals surface area contributed by atoms with E-state index in [1.807, 2.05) is 44.2 Å². The number of amides is 2. The molecule has 0 saturated carbocycles. The Kier molecular flexibility index (Phi) is 7.31. The van der Waals surface area contributed by atoms with Crippen molar-refractivity contribution in [1.82, 2.24) is 15.4 Å². The van der Waals surface area contributed by atoms with E-state index in [1.165, 1.54) is 12.1 Å². The molecule has 0 saturated heterocycles. The number of benzene rings is 2. The second-order valence-corrected chi connectivity index (χ2v) is 8.43. The molecule has 2 aromatic carbocycles. The third-order valence-electron chi connectivity index (χ3n) is 3.91. The predicted octanol–water partition coefficient (Wildman–Crippen LogP) is 1.73. The molecule has 150 valence electrons. The van der Waals surface area contributed by atoms with Crippen molar-refractivity contribution in [3.05, 3.63) is 65.2 Å². The summed E-state index contributed by atoms with van der Waals surface area (Å²) in [6.07, 6.45) is 0. The average Bonchev–Trinajstić information content (AvgIpc) is 2.65. The van der Waals surface area contributed by atoms with Crippen LogP contribution in [0.4, 0.5) is 0 Å². The molecule has 7 nitrogen and oxygen atoms in total. The molecule has 0 atom stereocenters. The predicted molar refractivity (Wildman–Crippen MR) is 107 cm³/mol. The number of carbonyl (C=O) groups excluding carboxylic acids is 2. The zero-order valence-corrected chi connectivity index (χ0v) is 17.0. The first-order valence-corrected chi connectivity index (χ1v) is 10.4. The van der Waals surface area contributed by atoms with Gasteiger partial charge in [0.25, 0.3) is 5.91 Å². The van der Waals surface area contributed by atoms with Crippen LogP contribution >= 0.6 is 0 Å². The van der Waals surface area contributed by atoms with Crippen LogP contribution in [0.5, 0.6) is 0 Å². The summed E-state index contributed by atoms with van der Waals surface area (Å²) in [7, 11) is -3.80. The fourth-order valence-electron chi connectivity index (χ4n) is 2.52. The van der Waals surface area contributed by atoms with Gasteiger partial charge in [-0.1, -0.05) is 36.4 Å². The number of sulfonamides is 1. The molecule has 0 heterocycles. The quantitative estimate of drug-likeness (QED) is 0.624. The van der Waals surface area contributed by atoms with E-state index in [2.05, 4.69) is 15.4 Å². The fourth-order valence-corrected chi connectivity index (χ4v) is 3.80. The van der Waals surface area contributed by atoms with Crippen LogP contribution < -0.4 is 15.4 Å². The first-order chi connectivity index (χ1) is 13.2. The van der Waals surface area contributed by atoms with Crippen LogP contribution in [0.3, 0.4) is 0 Å². The van der Waals surface area contributed by atoms with E-state index in [9.17, 15) is 18.0 Å². The van der Waals surface area contributed by atoms with Gasteiger partial charge in [0, 0.05) is 18.2 Å². The summed E-state index contributed by atoms with van der Waals surface area (Å²) >= 11 is 0. The molecule has 2 rings (SSSR count). The molecule has 0 fully saturated rings. The van der Waals surface area contributed by atoms with Crippen LogP contribution in [0.25, 0.3) is 0 Å². The van der Waals surface area contributed by atoms with Crippen molar-refractivity contribution in [2.45, 2.75) is 38.3 Å². The Balaban J connectivity index is 2.11. The molecular formula is C20H25N3O4S. The third kappa shape index (κ3) is 6.17. The molecule has 0 aliphatic heterocycles. The highest BCUT2D eigenvalue weighted by Crippen LogP contribution is 2.17. The summed E-state index contributed by atoms with van der Waals surface area (Å²) in [6, 6.07) is 13.5. The van der Waals surface area contributed by atoms with Crippen molar-refractivity contribution in [1.29, 1.82) is 0 Å². The van der Waals surface area contributed by atoms with Gasteiger partial charge in [0.05, 0.1) is 11.4 Å². The number of hydrogen-bond acceptors (Lipinski definition) is 4. The van der Waals surface area contributed by atoms with Gasteiger partial charge in [0.1, 0.15) is 0 Å². The van der Waals surface area contributed by atoms with Gasteiger partial charge < -0.3 is 10.6 Å². The normalized spacial score (nSPS) is 11.3. The van der Waals surface area contributed by atoms with E-state index in [0.717, 1.165) is 5.56 Å². The minimum Gasteiger partial charge on any atom is -0.352 e. The monoisotopic (exact) mass is 403 g/mol. The second-order valence-electron chi connectivity index (χ2n) is 6.70. The van der Waals surface area contributed by atoms with Crippen molar-refractivity contribution in [3.8, 4) is 0 Å². The van der Waals surface area contributed by atoms with Crippen molar-refractivity contribution in [2.75, 3.05) is 6.54 Å². The topological polar surface area (TPSA) is 104 Å². The Bertz CT molecular complexity index is 941. The van der Waals surface area contributed by atoms with Crippen molar-refractivity contribution >= 4 is 21.8 Å². The van der Waals surface area contributed by atoms with E-state index in [4.69, 9.17) is 0 Å². The van der Waals surface area contributed by atoms with Gasteiger partial charge in [-0.2, -0.15) is 0 Å². The van der Waals surface area contributed by atoms with Gasteiger partial charge in [0.2, 0.25) is 15.9 Å². The van der Waals surface area contributed by atoms with Gasteiger partial charge in [-0.05, 0) is 44.0 Å². The number of hydrogen-bond donors (Lipinski definition) is 3. The van der Waals surface area contributed by atoms with Crippen molar-refractivity contribution < 1.29 is 18.0 Å². The molecule has 0 bridgehead atoms. The van der Waals surface area contributed by atoms with E-state index < -0.39 is 15.9 Å². The number of carbonyl (C=O) groups is 2. The van der Waals surface area contributed by atoms with E-state index >= 15 is 0 Å². The maximum absolute atomic E-state index is 12.7. The van der Waals surface area contributed by atoms with Gasteiger partial charge in [0.15, 0.2) is 0 Å². The maximum Gasteiger partial charge on any atom is 0.251 e. The lowest BCUT2D eigenvalue weighted by Gasteiger charge is -2.12. The molecule has 28 heavy (non-hydrogen) atoms.